The van der Waals surface area contributed by atoms with Crippen molar-refractivity contribution in [1.82, 2.24) is 10.1 Å². The van der Waals surface area contributed by atoms with Gasteiger partial charge in [-0.05, 0) is 13.8 Å². The summed E-state index contributed by atoms with van der Waals surface area (Å²) in [5.74, 6) is 0.918. The number of carboxylic acid groups (broad SMARTS) is 1. The number of carboxylic acids is 1. The summed E-state index contributed by atoms with van der Waals surface area (Å²) in [6.45, 7) is 7.26. The van der Waals surface area contributed by atoms with Crippen molar-refractivity contribution in [3.8, 4) is 0 Å². The first kappa shape index (κ1) is 13.0. The number of carbonyl (C=O) groups is 1. The highest BCUT2D eigenvalue weighted by Crippen LogP contribution is 2.28. The Morgan fingerprint density at radius 3 is 2.62 bits per heavy atom. The minimum atomic E-state index is -0.846. The quantitative estimate of drug-likeness (QED) is 0.856. The second-order valence-corrected chi connectivity index (χ2v) is 5.90. The molecule has 0 spiro atoms. The van der Waals surface area contributed by atoms with E-state index >= 15 is 0 Å². The molecular weight excluding hydrogens is 228 g/mol. The van der Waals surface area contributed by atoms with Gasteiger partial charge in [0.2, 0.25) is 5.89 Å². The van der Waals surface area contributed by atoms with Crippen LogP contribution >= 0.6 is 11.8 Å². The van der Waals surface area contributed by atoms with Gasteiger partial charge in [0.05, 0.1) is 5.75 Å². The van der Waals surface area contributed by atoms with Gasteiger partial charge in [0, 0.05) is 5.92 Å². The van der Waals surface area contributed by atoms with E-state index in [2.05, 4.69) is 10.1 Å². The number of nitrogens with zero attached hydrogens (tertiary/aromatic N) is 2. The van der Waals surface area contributed by atoms with Crippen molar-refractivity contribution in [3.05, 3.63) is 11.7 Å². The van der Waals surface area contributed by atoms with Gasteiger partial charge in [-0.15, -0.1) is 11.8 Å². The van der Waals surface area contributed by atoms with Gasteiger partial charge in [0.25, 0.3) is 0 Å². The Balaban J connectivity index is 2.58. The number of aromatic nitrogens is 2. The van der Waals surface area contributed by atoms with Crippen LogP contribution in [0.2, 0.25) is 0 Å². The minimum absolute atomic E-state index is 0.218. The molecule has 0 aliphatic rings. The van der Waals surface area contributed by atoms with Gasteiger partial charge >= 0.3 is 5.97 Å². The zero-order valence-electron chi connectivity index (χ0n) is 9.85. The summed E-state index contributed by atoms with van der Waals surface area (Å²) in [6.07, 6.45) is 0. The molecule has 1 N–H and O–H groups in total. The molecule has 1 heterocycles. The average Bonchev–Trinajstić information content (AvgIpc) is 2.63. The number of rotatable bonds is 5. The molecule has 1 aromatic heterocycles. The van der Waals surface area contributed by atoms with Gasteiger partial charge in [0.15, 0.2) is 5.82 Å². The van der Waals surface area contributed by atoms with Crippen molar-refractivity contribution in [2.24, 2.45) is 0 Å². The summed E-state index contributed by atoms with van der Waals surface area (Å²) >= 11 is 1.27. The zero-order valence-corrected chi connectivity index (χ0v) is 10.7. The molecule has 16 heavy (non-hydrogen) atoms. The first-order valence-corrected chi connectivity index (χ1v) is 6.01. The lowest BCUT2D eigenvalue weighted by atomic mass is 10.2. The third-order valence-corrected chi connectivity index (χ3v) is 3.36. The molecule has 0 atom stereocenters. The van der Waals surface area contributed by atoms with E-state index in [1.807, 2.05) is 13.8 Å². The lowest BCUT2D eigenvalue weighted by Crippen LogP contribution is -2.27. The maximum absolute atomic E-state index is 10.9. The predicted octanol–water partition coefficient (Wildman–Crippen LogP) is 2.29. The molecule has 90 valence electrons. The molecule has 0 amide bonds. The van der Waals surface area contributed by atoms with E-state index < -0.39 is 10.7 Å². The smallest absolute Gasteiger partial charge is 0.319 e. The highest BCUT2D eigenvalue weighted by molar-refractivity contribution is 8.00. The van der Waals surface area contributed by atoms with E-state index in [-0.39, 0.29) is 5.92 Å². The van der Waals surface area contributed by atoms with Crippen LogP contribution in [-0.2, 0) is 10.5 Å². The van der Waals surface area contributed by atoms with Gasteiger partial charge in [-0.2, -0.15) is 4.98 Å². The summed E-state index contributed by atoms with van der Waals surface area (Å²) in [7, 11) is 0. The van der Waals surface area contributed by atoms with E-state index in [1.165, 1.54) is 11.8 Å². The van der Waals surface area contributed by atoms with Gasteiger partial charge in [-0.3, -0.25) is 4.79 Å². The Kier molecular flexibility index (Phi) is 3.96. The summed E-state index contributed by atoms with van der Waals surface area (Å²) in [4.78, 5) is 15.0. The molecule has 0 aliphatic heterocycles. The molecule has 0 aromatic carbocycles. The fourth-order valence-corrected chi connectivity index (χ4v) is 1.59. The van der Waals surface area contributed by atoms with E-state index in [4.69, 9.17) is 9.63 Å². The van der Waals surface area contributed by atoms with Crippen LogP contribution in [0.25, 0.3) is 0 Å². The maximum Gasteiger partial charge on any atom is 0.319 e. The summed E-state index contributed by atoms with van der Waals surface area (Å²) in [5.41, 5.74) is 0. The second-order valence-electron chi connectivity index (χ2n) is 4.31. The molecule has 0 saturated heterocycles. The third-order valence-electron chi connectivity index (χ3n) is 2.07. The summed E-state index contributed by atoms with van der Waals surface area (Å²) in [5, 5.41) is 12.7. The van der Waals surface area contributed by atoms with E-state index in [9.17, 15) is 4.79 Å². The molecule has 5 nitrogen and oxygen atoms in total. The van der Waals surface area contributed by atoms with Crippen molar-refractivity contribution < 1.29 is 14.4 Å². The van der Waals surface area contributed by atoms with Crippen molar-refractivity contribution in [2.45, 2.75) is 44.1 Å². The van der Waals surface area contributed by atoms with Gasteiger partial charge in [0.1, 0.15) is 4.75 Å². The summed E-state index contributed by atoms with van der Waals surface area (Å²) < 4.78 is 4.19. The Morgan fingerprint density at radius 2 is 2.19 bits per heavy atom. The van der Waals surface area contributed by atoms with Crippen molar-refractivity contribution in [2.75, 3.05) is 0 Å². The first-order chi connectivity index (χ1) is 7.33. The lowest BCUT2D eigenvalue weighted by Gasteiger charge is -2.16. The Hall–Kier alpha value is -1.04. The SMILES string of the molecule is CC(C)c1noc(CSC(C)(C)C(=O)O)n1. The fourth-order valence-electron chi connectivity index (χ4n) is 0.865. The molecule has 0 bridgehead atoms. The van der Waals surface area contributed by atoms with Crippen LogP contribution in [-0.4, -0.2) is 26.0 Å². The number of hydrogen-bond acceptors (Lipinski definition) is 5. The maximum atomic E-state index is 10.9. The Morgan fingerprint density at radius 1 is 1.56 bits per heavy atom. The first-order valence-electron chi connectivity index (χ1n) is 5.02. The molecule has 0 saturated carbocycles. The van der Waals surface area contributed by atoms with Gasteiger partial charge in [-0.1, -0.05) is 19.0 Å². The largest absolute Gasteiger partial charge is 0.480 e. The molecule has 0 unspecified atom stereocenters. The number of thioether (sulfide) groups is 1. The lowest BCUT2D eigenvalue weighted by molar-refractivity contribution is -0.138. The Bertz CT molecular complexity index is 374. The molecule has 6 heteroatoms. The predicted molar refractivity (Wildman–Crippen MR) is 61.4 cm³/mol. The molecule has 1 rings (SSSR count). The van der Waals surface area contributed by atoms with Crippen LogP contribution < -0.4 is 0 Å². The summed E-state index contributed by atoms with van der Waals surface area (Å²) in [6, 6.07) is 0. The van der Waals surface area contributed by atoms with Crippen LogP contribution in [0.5, 0.6) is 0 Å². The van der Waals surface area contributed by atoms with E-state index in [0.717, 1.165) is 0 Å². The van der Waals surface area contributed by atoms with Crippen molar-refractivity contribution in [1.29, 1.82) is 0 Å². The van der Waals surface area contributed by atoms with Gasteiger partial charge in [-0.25, -0.2) is 0 Å². The van der Waals surface area contributed by atoms with Crippen molar-refractivity contribution >= 4 is 17.7 Å². The van der Waals surface area contributed by atoms with Crippen LogP contribution in [0.15, 0.2) is 4.52 Å². The molecule has 1 aromatic rings. The zero-order chi connectivity index (χ0) is 12.3. The fraction of sp³-hybridized carbons (Fsp3) is 0.700. The van der Waals surface area contributed by atoms with Crippen LogP contribution in [0.1, 0.15) is 45.3 Å². The number of hydrogen-bond donors (Lipinski definition) is 1. The molecule has 0 aliphatic carbocycles. The minimum Gasteiger partial charge on any atom is -0.480 e. The normalized spacial score (nSPS) is 12.1. The highest BCUT2D eigenvalue weighted by atomic mass is 32.2. The monoisotopic (exact) mass is 244 g/mol. The van der Waals surface area contributed by atoms with E-state index in [0.29, 0.717) is 17.5 Å². The average molecular weight is 244 g/mol. The molecule has 0 fully saturated rings. The molecular formula is C10H16N2O3S. The van der Waals surface area contributed by atoms with Gasteiger partial charge < -0.3 is 9.63 Å². The van der Waals surface area contributed by atoms with E-state index in [1.54, 1.807) is 13.8 Å². The topological polar surface area (TPSA) is 76.2 Å². The Labute approximate surface area is 98.6 Å². The van der Waals surface area contributed by atoms with Crippen LogP contribution in [0, 0.1) is 0 Å². The third kappa shape index (κ3) is 3.23. The number of aliphatic carboxylic acids is 1. The van der Waals surface area contributed by atoms with Crippen LogP contribution in [0.3, 0.4) is 0 Å². The second kappa shape index (κ2) is 4.86. The standard InChI is InChI=1S/C10H16N2O3S/c1-6(2)8-11-7(15-12-8)5-16-10(3,4)9(13)14/h6H,5H2,1-4H3,(H,13,14). The highest BCUT2D eigenvalue weighted by Gasteiger charge is 2.28. The molecule has 0 radical (unpaired) electrons. The van der Waals surface area contributed by atoms with Crippen LogP contribution in [0.4, 0.5) is 0 Å². The van der Waals surface area contributed by atoms with Crippen molar-refractivity contribution in [3.63, 3.8) is 0 Å².